The van der Waals surface area contributed by atoms with Crippen LogP contribution < -0.4 is 19.7 Å². The van der Waals surface area contributed by atoms with Crippen LogP contribution in [0.25, 0.3) is 6.08 Å². The lowest BCUT2D eigenvalue weighted by Crippen LogP contribution is -2.30. The maximum absolute atomic E-state index is 13.0. The van der Waals surface area contributed by atoms with Crippen LogP contribution in [0.1, 0.15) is 24.0 Å². The quantitative estimate of drug-likeness (QED) is 0.214. The van der Waals surface area contributed by atoms with Crippen molar-refractivity contribution in [1.82, 2.24) is 5.32 Å². The van der Waals surface area contributed by atoms with Crippen LogP contribution in [0.3, 0.4) is 0 Å². The van der Waals surface area contributed by atoms with E-state index in [2.05, 4.69) is 5.32 Å². The summed E-state index contributed by atoms with van der Waals surface area (Å²) < 4.78 is 17.1. The van der Waals surface area contributed by atoms with E-state index in [-0.39, 0.29) is 29.0 Å². The topological polar surface area (TPSA) is 107 Å². The molecule has 3 aromatic rings. The number of aryl methyl sites for hydroxylation is 1. The molecular formula is C24H21N3O6S. The van der Waals surface area contributed by atoms with E-state index in [0.717, 1.165) is 0 Å². The van der Waals surface area contributed by atoms with Gasteiger partial charge < -0.3 is 19.2 Å². The Balaban J connectivity index is 1.46. The second-order valence-corrected chi connectivity index (χ2v) is 7.71. The number of amides is 1. The van der Waals surface area contributed by atoms with Crippen molar-refractivity contribution in [2.75, 3.05) is 11.5 Å². The molecule has 2 aromatic carbocycles. The minimum absolute atomic E-state index is 0.0313. The number of nitrogens with zero attached hydrogens (tertiary/aromatic N) is 2. The molecule has 1 aromatic heterocycles. The molecule has 1 aliphatic heterocycles. The Morgan fingerprint density at radius 2 is 1.97 bits per heavy atom. The van der Waals surface area contributed by atoms with E-state index < -0.39 is 4.92 Å². The molecule has 1 amide bonds. The summed E-state index contributed by atoms with van der Waals surface area (Å²) in [5, 5.41) is 14.1. The van der Waals surface area contributed by atoms with E-state index in [1.165, 1.54) is 17.0 Å². The molecule has 34 heavy (non-hydrogen) atoms. The summed E-state index contributed by atoms with van der Waals surface area (Å²) in [6.07, 6.45) is 1.57. The summed E-state index contributed by atoms with van der Waals surface area (Å²) in [4.78, 5) is 24.9. The number of rotatable bonds is 8. The van der Waals surface area contributed by atoms with Crippen molar-refractivity contribution in [3.63, 3.8) is 0 Å². The summed E-state index contributed by atoms with van der Waals surface area (Å²) in [6, 6.07) is 15.1. The van der Waals surface area contributed by atoms with Gasteiger partial charge in [-0.05, 0) is 62.5 Å². The highest BCUT2D eigenvalue weighted by Gasteiger charge is 2.34. The monoisotopic (exact) mass is 479 g/mol. The van der Waals surface area contributed by atoms with Gasteiger partial charge in [-0.25, -0.2) is 4.90 Å². The number of nitrogens with one attached hydrogen (secondary N) is 1. The van der Waals surface area contributed by atoms with Crippen LogP contribution in [-0.2, 0) is 11.4 Å². The molecule has 1 saturated heterocycles. The lowest BCUT2D eigenvalue weighted by molar-refractivity contribution is -0.385. The molecule has 9 nitrogen and oxygen atoms in total. The van der Waals surface area contributed by atoms with Gasteiger partial charge in [0.2, 0.25) is 0 Å². The van der Waals surface area contributed by atoms with Gasteiger partial charge in [-0.3, -0.25) is 14.9 Å². The van der Waals surface area contributed by atoms with Crippen molar-refractivity contribution < 1.29 is 23.6 Å². The maximum atomic E-state index is 13.0. The average Bonchev–Trinajstić information content (AvgIpc) is 3.36. The molecule has 0 atom stereocenters. The first-order chi connectivity index (χ1) is 16.4. The van der Waals surface area contributed by atoms with E-state index in [0.29, 0.717) is 40.9 Å². The third kappa shape index (κ3) is 4.76. The fourth-order valence-corrected chi connectivity index (χ4v) is 3.73. The number of ether oxygens (including phenoxy) is 2. The Bertz CT molecular complexity index is 1300. The largest absolute Gasteiger partial charge is 0.492 e. The number of nitro benzene ring substituents is 1. The number of anilines is 1. The number of carbonyl (C=O) groups is 1. The van der Waals surface area contributed by atoms with Crippen molar-refractivity contribution >= 4 is 40.7 Å². The van der Waals surface area contributed by atoms with Gasteiger partial charge in [0.15, 0.2) is 5.11 Å². The predicted molar refractivity (Wildman–Crippen MR) is 130 cm³/mol. The van der Waals surface area contributed by atoms with E-state index >= 15 is 0 Å². The van der Waals surface area contributed by atoms with E-state index in [1.807, 2.05) is 13.0 Å². The Labute approximate surface area is 200 Å². The van der Waals surface area contributed by atoms with Crippen LogP contribution in [0.2, 0.25) is 0 Å². The van der Waals surface area contributed by atoms with Crippen LogP contribution in [-0.4, -0.2) is 22.5 Å². The molecular weight excluding hydrogens is 458 g/mol. The van der Waals surface area contributed by atoms with E-state index in [9.17, 15) is 14.9 Å². The number of nitro groups is 1. The summed E-state index contributed by atoms with van der Waals surface area (Å²) in [5.74, 6) is 1.68. The van der Waals surface area contributed by atoms with E-state index in [4.69, 9.17) is 26.1 Å². The molecule has 0 spiro atoms. The Morgan fingerprint density at radius 3 is 2.71 bits per heavy atom. The summed E-state index contributed by atoms with van der Waals surface area (Å²) in [6.45, 7) is 4.09. The highest BCUT2D eigenvalue weighted by molar-refractivity contribution is 7.80. The third-order valence-corrected chi connectivity index (χ3v) is 5.28. The zero-order valence-electron chi connectivity index (χ0n) is 18.4. The van der Waals surface area contributed by atoms with Gasteiger partial charge in [-0.2, -0.15) is 0 Å². The molecule has 0 saturated carbocycles. The van der Waals surface area contributed by atoms with Crippen LogP contribution in [0.4, 0.5) is 11.4 Å². The number of para-hydroxylation sites is 2. The Morgan fingerprint density at radius 1 is 1.18 bits per heavy atom. The van der Waals surface area contributed by atoms with Gasteiger partial charge in [0, 0.05) is 17.7 Å². The number of hydrogen-bond donors (Lipinski definition) is 1. The molecule has 1 aliphatic rings. The minimum atomic E-state index is -0.438. The standard InChI is InChI=1S/C24H21N3O6S/c1-3-31-22-7-5-4-6-21(22)26-23(28)19(25-24(26)34)13-17-8-9-18(33-17)14-32-16-10-11-20(27(29)30)15(2)12-16/h4-13H,3,14H2,1-2H3,(H,25,34)/b19-13+. The van der Waals surface area contributed by atoms with Crippen molar-refractivity contribution in [2.45, 2.75) is 20.5 Å². The maximum Gasteiger partial charge on any atom is 0.281 e. The highest BCUT2D eigenvalue weighted by atomic mass is 32.1. The third-order valence-electron chi connectivity index (χ3n) is 5.00. The predicted octanol–water partition coefficient (Wildman–Crippen LogP) is 4.74. The summed E-state index contributed by atoms with van der Waals surface area (Å²) in [7, 11) is 0. The van der Waals surface area contributed by atoms with Crippen molar-refractivity contribution in [3.8, 4) is 11.5 Å². The first kappa shape index (κ1) is 23.0. The zero-order valence-corrected chi connectivity index (χ0v) is 19.3. The van der Waals surface area contributed by atoms with Crippen LogP contribution in [0, 0.1) is 17.0 Å². The molecule has 0 bridgehead atoms. The highest BCUT2D eigenvalue weighted by Crippen LogP contribution is 2.32. The van der Waals surface area contributed by atoms with Gasteiger partial charge in [-0.15, -0.1) is 0 Å². The molecule has 1 fully saturated rings. The normalized spacial score (nSPS) is 14.4. The van der Waals surface area contributed by atoms with Crippen molar-refractivity contribution in [1.29, 1.82) is 0 Å². The SMILES string of the molecule is CCOc1ccccc1N1C(=O)/C(=C\c2ccc(COc3ccc([N+](=O)[O-])c(C)c3)o2)NC1=S. The number of thiocarbonyl (C=S) groups is 1. The molecule has 10 heteroatoms. The number of benzene rings is 2. The Kier molecular flexibility index (Phi) is 6.60. The van der Waals surface area contributed by atoms with E-state index in [1.54, 1.807) is 49.4 Å². The molecule has 0 aliphatic carbocycles. The fourth-order valence-electron chi connectivity index (χ4n) is 3.44. The Hall–Kier alpha value is -4.18. The van der Waals surface area contributed by atoms with Crippen molar-refractivity contribution in [3.05, 3.63) is 87.5 Å². The van der Waals surface area contributed by atoms with Crippen LogP contribution >= 0.6 is 12.2 Å². The smallest absolute Gasteiger partial charge is 0.281 e. The first-order valence-corrected chi connectivity index (χ1v) is 10.8. The van der Waals surface area contributed by atoms with Gasteiger partial charge in [0.05, 0.1) is 17.2 Å². The van der Waals surface area contributed by atoms with Crippen LogP contribution in [0.15, 0.2) is 64.7 Å². The van der Waals surface area contributed by atoms with Crippen LogP contribution in [0.5, 0.6) is 11.5 Å². The molecule has 0 unspecified atom stereocenters. The molecule has 4 rings (SSSR count). The molecule has 1 N–H and O–H groups in total. The first-order valence-electron chi connectivity index (χ1n) is 10.4. The van der Waals surface area contributed by atoms with Gasteiger partial charge >= 0.3 is 0 Å². The van der Waals surface area contributed by atoms with Gasteiger partial charge in [0.25, 0.3) is 11.6 Å². The number of carbonyl (C=O) groups excluding carboxylic acids is 1. The summed E-state index contributed by atoms with van der Waals surface area (Å²) >= 11 is 5.38. The lowest BCUT2D eigenvalue weighted by Gasteiger charge is -2.17. The van der Waals surface area contributed by atoms with Gasteiger partial charge in [-0.1, -0.05) is 12.1 Å². The fraction of sp³-hybridized carbons (Fsp3) is 0.167. The average molecular weight is 480 g/mol. The lowest BCUT2D eigenvalue weighted by atomic mass is 10.2. The molecule has 174 valence electrons. The number of hydrogen-bond acceptors (Lipinski definition) is 7. The minimum Gasteiger partial charge on any atom is -0.492 e. The zero-order chi connectivity index (χ0) is 24.2. The summed E-state index contributed by atoms with van der Waals surface area (Å²) in [5.41, 5.74) is 1.36. The number of furan rings is 1. The van der Waals surface area contributed by atoms with Gasteiger partial charge in [0.1, 0.15) is 35.3 Å². The molecule has 2 heterocycles. The second-order valence-electron chi connectivity index (χ2n) is 7.33. The molecule has 0 radical (unpaired) electrons. The van der Waals surface area contributed by atoms with Crippen molar-refractivity contribution in [2.24, 2.45) is 0 Å². The second kappa shape index (κ2) is 9.75.